The van der Waals surface area contributed by atoms with Crippen LogP contribution in [0.5, 0.6) is 0 Å². The number of rotatable bonds is 4. The van der Waals surface area contributed by atoms with Crippen molar-refractivity contribution in [3.63, 3.8) is 0 Å². The van der Waals surface area contributed by atoms with Gasteiger partial charge in [0.1, 0.15) is 0 Å². The van der Waals surface area contributed by atoms with Gasteiger partial charge in [-0.15, -0.1) is 0 Å². The average molecular weight is 157 g/mol. The third kappa shape index (κ3) is 7.26. The number of ketones is 1. The van der Waals surface area contributed by atoms with Crippen molar-refractivity contribution in [3.8, 4) is 0 Å². The van der Waals surface area contributed by atoms with E-state index in [0.29, 0.717) is 12.0 Å². The maximum absolute atomic E-state index is 10.9. The molecule has 2 heteroatoms. The maximum atomic E-state index is 10.9. The summed E-state index contributed by atoms with van der Waals surface area (Å²) in [7, 11) is 3.90. The molecule has 0 atom stereocenters. The fraction of sp³-hybridized carbons (Fsp3) is 0.667. The number of Topliss-reactive ketones (excluding diaryl/α,β-unsaturated/α-hetero) is 1. The number of hydrogen-bond acceptors (Lipinski definition) is 2. The molecule has 0 rings (SSSR count). The van der Waals surface area contributed by atoms with E-state index in [-0.39, 0.29) is 13.2 Å². The molecular formula is C9H19NO. The molecule has 2 nitrogen and oxygen atoms in total. The fourth-order valence-electron chi connectivity index (χ4n) is 0.539. The summed E-state index contributed by atoms with van der Waals surface area (Å²) in [5, 5.41) is 0. The van der Waals surface area contributed by atoms with Crippen LogP contribution in [0.25, 0.3) is 0 Å². The van der Waals surface area contributed by atoms with Crippen molar-refractivity contribution in [1.29, 1.82) is 0 Å². The number of hydrogen-bond donors (Lipinski definition) is 0. The molecule has 0 heterocycles. The van der Waals surface area contributed by atoms with E-state index >= 15 is 0 Å². The topological polar surface area (TPSA) is 20.3 Å². The molecule has 0 N–H and O–H groups in total. The number of carbonyl (C=O) groups excluding carboxylic acids is 1. The van der Waals surface area contributed by atoms with Gasteiger partial charge in [0.15, 0.2) is 5.78 Å². The van der Waals surface area contributed by atoms with Gasteiger partial charge < -0.3 is 4.90 Å². The van der Waals surface area contributed by atoms with Gasteiger partial charge in [0.25, 0.3) is 0 Å². The van der Waals surface area contributed by atoms with Crippen LogP contribution in [-0.4, -0.2) is 31.3 Å². The Labute approximate surface area is 69.9 Å². The van der Waals surface area contributed by atoms with E-state index in [9.17, 15) is 4.79 Å². The number of allylic oxidation sites excluding steroid dienone is 1. The van der Waals surface area contributed by atoms with Crippen molar-refractivity contribution in [2.24, 2.45) is 0 Å². The van der Waals surface area contributed by atoms with Crippen LogP contribution < -0.4 is 0 Å². The lowest BCUT2D eigenvalue weighted by Gasteiger charge is -2.07. The zero-order chi connectivity index (χ0) is 8.15. The van der Waals surface area contributed by atoms with Crippen molar-refractivity contribution < 1.29 is 4.79 Å². The largest absolute Gasteiger partial charge is 0.309 e. The minimum atomic E-state index is 0. The van der Waals surface area contributed by atoms with E-state index in [2.05, 4.69) is 6.58 Å². The Hall–Kier alpha value is -0.630. The van der Waals surface area contributed by atoms with E-state index in [0.717, 1.165) is 6.54 Å². The first kappa shape index (κ1) is 13.0. The molecule has 0 bridgehead atoms. The molecule has 0 amide bonds. The highest BCUT2D eigenvalue weighted by Crippen LogP contribution is 1.95. The predicted octanol–water partition coefficient (Wildman–Crippen LogP) is 1.72. The van der Waals surface area contributed by atoms with Gasteiger partial charge in [-0.25, -0.2) is 0 Å². The van der Waals surface area contributed by atoms with Crippen LogP contribution in [-0.2, 0) is 4.79 Å². The Morgan fingerprint density at radius 1 is 1.45 bits per heavy atom. The summed E-state index contributed by atoms with van der Waals surface area (Å²) in [5.41, 5.74) is 0.654. The van der Waals surface area contributed by atoms with Crippen molar-refractivity contribution in [2.45, 2.75) is 20.8 Å². The van der Waals surface area contributed by atoms with Gasteiger partial charge in [-0.3, -0.25) is 4.79 Å². The van der Waals surface area contributed by atoms with E-state index < -0.39 is 0 Å². The molecule has 0 aliphatic carbocycles. The van der Waals surface area contributed by atoms with Gasteiger partial charge in [-0.2, -0.15) is 0 Å². The summed E-state index contributed by atoms with van der Waals surface area (Å²) in [5.74, 6) is 0.161. The molecule has 0 saturated carbocycles. The van der Waals surface area contributed by atoms with E-state index in [1.165, 1.54) is 0 Å². The highest BCUT2D eigenvalue weighted by atomic mass is 16.1. The zero-order valence-electron chi connectivity index (χ0n) is 6.98. The SMILES string of the molecule is C.C=C(C)C(=O)CCN(C)C. The summed E-state index contributed by atoms with van der Waals surface area (Å²) in [6, 6.07) is 0. The quantitative estimate of drug-likeness (QED) is 0.579. The smallest absolute Gasteiger partial charge is 0.159 e. The summed E-state index contributed by atoms with van der Waals surface area (Å²) in [6.45, 7) is 6.12. The molecule has 0 aromatic heterocycles. The Balaban J connectivity index is 0. The first-order chi connectivity index (χ1) is 4.54. The lowest BCUT2D eigenvalue weighted by atomic mass is 10.1. The van der Waals surface area contributed by atoms with Crippen molar-refractivity contribution in [3.05, 3.63) is 12.2 Å². The lowest BCUT2D eigenvalue weighted by Crippen LogP contribution is -2.16. The Kier molecular flexibility index (Phi) is 7.21. The summed E-state index contributed by atoms with van der Waals surface area (Å²) < 4.78 is 0. The molecule has 66 valence electrons. The molecular weight excluding hydrogens is 138 g/mol. The summed E-state index contributed by atoms with van der Waals surface area (Å²) in [6.07, 6.45) is 0.586. The van der Waals surface area contributed by atoms with Crippen molar-refractivity contribution in [2.75, 3.05) is 20.6 Å². The molecule has 0 saturated heterocycles. The molecule has 0 aromatic rings. The summed E-state index contributed by atoms with van der Waals surface area (Å²) >= 11 is 0. The van der Waals surface area contributed by atoms with Crippen LogP contribution in [0.15, 0.2) is 12.2 Å². The number of carbonyl (C=O) groups is 1. The predicted molar refractivity (Wildman–Crippen MR) is 49.7 cm³/mol. The second-order valence-corrected chi connectivity index (χ2v) is 2.76. The molecule has 0 fully saturated rings. The van der Waals surface area contributed by atoms with Gasteiger partial charge in [0.05, 0.1) is 0 Å². The molecule has 0 aliphatic rings. The molecule has 11 heavy (non-hydrogen) atoms. The van der Waals surface area contributed by atoms with Gasteiger partial charge in [0, 0.05) is 13.0 Å². The molecule has 0 unspecified atom stereocenters. The van der Waals surface area contributed by atoms with Crippen LogP contribution >= 0.6 is 0 Å². The highest BCUT2D eigenvalue weighted by molar-refractivity contribution is 5.94. The van der Waals surface area contributed by atoms with Crippen LogP contribution in [0.1, 0.15) is 20.8 Å². The highest BCUT2D eigenvalue weighted by Gasteiger charge is 2.01. The van der Waals surface area contributed by atoms with Crippen LogP contribution in [0, 0.1) is 0 Å². The molecule has 0 radical (unpaired) electrons. The standard InChI is InChI=1S/C8H15NO.CH4/c1-7(2)8(10)5-6-9(3)4;/h1,5-6H2,2-4H3;1H4. The van der Waals surface area contributed by atoms with Crippen LogP contribution in [0.2, 0.25) is 0 Å². The van der Waals surface area contributed by atoms with Gasteiger partial charge in [-0.05, 0) is 26.6 Å². The first-order valence-corrected chi connectivity index (χ1v) is 3.37. The summed E-state index contributed by atoms with van der Waals surface area (Å²) in [4.78, 5) is 12.9. The average Bonchev–Trinajstić information content (AvgIpc) is 1.82. The second-order valence-electron chi connectivity index (χ2n) is 2.76. The molecule has 0 spiro atoms. The third-order valence-corrected chi connectivity index (χ3v) is 1.26. The van der Waals surface area contributed by atoms with Crippen LogP contribution in [0.3, 0.4) is 0 Å². The third-order valence-electron chi connectivity index (χ3n) is 1.26. The van der Waals surface area contributed by atoms with E-state index in [1.807, 2.05) is 19.0 Å². The zero-order valence-corrected chi connectivity index (χ0v) is 6.98. The Morgan fingerprint density at radius 3 is 2.18 bits per heavy atom. The minimum absolute atomic E-state index is 0. The van der Waals surface area contributed by atoms with Crippen LogP contribution in [0.4, 0.5) is 0 Å². The van der Waals surface area contributed by atoms with Gasteiger partial charge >= 0.3 is 0 Å². The minimum Gasteiger partial charge on any atom is -0.309 e. The monoisotopic (exact) mass is 157 g/mol. The van der Waals surface area contributed by atoms with E-state index in [1.54, 1.807) is 6.92 Å². The van der Waals surface area contributed by atoms with E-state index in [4.69, 9.17) is 0 Å². The van der Waals surface area contributed by atoms with Crippen molar-refractivity contribution in [1.82, 2.24) is 4.90 Å². The van der Waals surface area contributed by atoms with Gasteiger partial charge in [-0.1, -0.05) is 14.0 Å². The lowest BCUT2D eigenvalue weighted by molar-refractivity contribution is -0.115. The first-order valence-electron chi connectivity index (χ1n) is 3.37. The Bertz CT molecular complexity index is 138. The van der Waals surface area contributed by atoms with Crippen molar-refractivity contribution >= 4 is 5.78 Å². The maximum Gasteiger partial charge on any atom is 0.159 e. The Morgan fingerprint density at radius 2 is 1.91 bits per heavy atom. The number of nitrogens with zero attached hydrogens (tertiary/aromatic N) is 1. The second kappa shape index (κ2) is 6.10. The molecule has 0 aliphatic heterocycles. The normalized spacial score (nSPS) is 9.09. The molecule has 0 aromatic carbocycles. The fourth-order valence-corrected chi connectivity index (χ4v) is 0.539. The van der Waals surface area contributed by atoms with Gasteiger partial charge in [0.2, 0.25) is 0 Å².